The monoisotopic (exact) mass is 385 g/mol. The molecule has 1 unspecified atom stereocenters. The van der Waals surface area contributed by atoms with E-state index in [1.807, 2.05) is 18.2 Å². The van der Waals surface area contributed by atoms with E-state index in [4.69, 9.17) is 9.47 Å². The standard InChI is InChI=1S/C20H23N3O5/c1-20(2,3)28-19(26)21-9-4-5-13-6-7-16-14(11-13)15(12-27-16)23-10-8-17(24)22-18(23)25/h6-7,11,15H,8-10,12H2,1-3H3,(H,21,26)(H,22,24,25). The summed E-state index contributed by atoms with van der Waals surface area (Å²) in [5.41, 5.74) is 1.04. The van der Waals surface area contributed by atoms with Crippen LogP contribution in [-0.2, 0) is 9.53 Å². The van der Waals surface area contributed by atoms with E-state index in [1.165, 1.54) is 0 Å². The van der Waals surface area contributed by atoms with Gasteiger partial charge in [-0.25, -0.2) is 9.59 Å². The van der Waals surface area contributed by atoms with Crippen molar-refractivity contribution in [2.45, 2.75) is 38.8 Å². The van der Waals surface area contributed by atoms with Gasteiger partial charge in [0.05, 0.1) is 12.6 Å². The molecule has 2 aliphatic rings. The molecule has 4 amide bonds. The first-order valence-corrected chi connectivity index (χ1v) is 9.06. The summed E-state index contributed by atoms with van der Waals surface area (Å²) in [7, 11) is 0. The third-order valence-corrected chi connectivity index (χ3v) is 4.18. The molecule has 2 N–H and O–H groups in total. The number of ether oxygens (including phenoxy) is 2. The number of amides is 4. The van der Waals surface area contributed by atoms with Gasteiger partial charge in [0.15, 0.2) is 0 Å². The van der Waals surface area contributed by atoms with Gasteiger partial charge in [-0.3, -0.25) is 10.1 Å². The molecular formula is C20H23N3O5. The highest BCUT2D eigenvalue weighted by molar-refractivity contribution is 5.96. The summed E-state index contributed by atoms with van der Waals surface area (Å²) in [6, 6.07) is 4.84. The van der Waals surface area contributed by atoms with Crippen LogP contribution in [0.1, 0.15) is 44.4 Å². The van der Waals surface area contributed by atoms with Crippen LogP contribution in [-0.4, -0.2) is 48.2 Å². The summed E-state index contributed by atoms with van der Waals surface area (Å²) in [4.78, 5) is 36.7. The van der Waals surface area contributed by atoms with Gasteiger partial charge >= 0.3 is 12.1 Å². The van der Waals surface area contributed by atoms with E-state index in [-0.39, 0.29) is 24.9 Å². The van der Waals surface area contributed by atoms with Crippen LogP contribution in [0, 0.1) is 11.8 Å². The molecule has 2 heterocycles. The van der Waals surface area contributed by atoms with Crippen LogP contribution in [0.3, 0.4) is 0 Å². The summed E-state index contributed by atoms with van der Waals surface area (Å²) < 4.78 is 10.8. The first kappa shape index (κ1) is 19.5. The Labute approximate surface area is 163 Å². The third-order valence-electron chi connectivity index (χ3n) is 4.18. The molecule has 2 aliphatic heterocycles. The smallest absolute Gasteiger partial charge is 0.408 e. The molecule has 148 valence electrons. The minimum atomic E-state index is -0.558. The number of imide groups is 1. The van der Waals surface area contributed by atoms with Gasteiger partial charge in [0, 0.05) is 24.1 Å². The van der Waals surface area contributed by atoms with E-state index in [0.717, 1.165) is 11.1 Å². The summed E-state index contributed by atoms with van der Waals surface area (Å²) in [5.74, 6) is 6.30. The maximum Gasteiger partial charge on any atom is 0.408 e. The fourth-order valence-corrected chi connectivity index (χ4v) is 2.99. The van der Waals surface area contributed by atoms with E-state index >= 15 is 0 Å². The van der Waals surface area contributed by atoms with Crippen LogP contribution in [0.2, 0.25) is 0 Å². The number of hydrogen-bond donors (Lipinski definition) is 2. The largest absolute Gasteiger partial charge is 0.491 e. The number of nitrogens with zero attached hydrogens (tertiary/aromatic N) is 1. The number of carbonyl (C=O) groups excluding carboxylic acids is 3. The van der Waals surface area contributed by atoms with Crippen molar-refractivity contribution >= 4 is 18.0 Å². The zero-order valence-corrected chi connectivity index (χ0v) is 16.1. The molecule has 0 saturated carbocycles. The van der Waals surface area contributed by atoms with E-state index in [2.05, 4.69) is 22.5 Å². The first-order valence-electron chi connectivity index (χ1n) is 9.06. The Morgan fingerprint density at radius 1 is 1.39 bits per heavy atom. The molecule has 0 spiro atoms. The average molecular weight is 385 g/mol. The quantitative estimate of drug-likeness (QED) is 0.759. The number of fused-ring (bicyclic) bond motifs is 1. The highest BCUT2D eigenvalue weighted by atomic mass is 16.6. The number of urea groups is 1. The second-order valence-electron chi connectivity index (χ2n) is 7.53. The number of carbonyl (C=O) groups is 3. The average Bonchev–Trinajstić information content (AvgIpc) is 3.00. The molecule has 8 nitrogen and oxygen atoms in total. The van der Waals surface area contributed by atoms with Crippen LogP contribution in [0.15, 0.2) is 18.2 Å². The summed E-state index contributed by atoms with van der Waals surface area (Å²) in [6.45, 7) is 6.23. The fourth-order valence-electron chi connectivity index (χ4n) is 2.99. The molecular weight excluding hydrogens is 362 g/mol. The van der Waals surface area contributed by atoms with E-state index in [0.29, 0.717) is 18.9 Å². The van der Waals surface area contributed by atoms with E-state index < -0.39 is 17.7 Å². The lowest BCUT2D eigenvalue weighted by Gasteiger charge is -2.31. The van der Waals surface area contributed by atoms with Gasteiger partial charge in [-0.05, 0) is 39.0 Å². The lowest BCUT2D eigenvalue weighted by molar-refractivity contribution is -0.121. The zero-order chi connectivity index (χ0) is 20.3. The lowest BCUT2D eigenvalue weighted by atomic mass is 10.0. The van der Waals surface area contributed by atoms with Crippen molar-refractivity contribution < 1.29 is 23.9 Å². The fraction of sp³-hybridized carbons (Fsp3) is 0.450. The molecule has 0 aliphatic carbocycles. The first-order chi connectivity index (χ1) is 13.2. The highest BCUT2D eigenvalue weighted by Gasteiger charge is 2.35. The molecule has 1 aromatic rings. The Morgan fingerprint density at radius 3 is 2.89 bits per heavy atom. The van der Waals surface area contributed by atoms with Crippen LogP contribution in [0.5, 0.6) is 5.75 Å². The van der Waals surface area contributed by atoms with Gasteiger partial charge in [-0.2, -0.15) is 0 Å². The van der Waals surface area contributed by atoms with Crippen molar-refractivity contribution in [3.8, 4) is 17.6 Å². The van der Waals surface area contributed by atoms with Crippen molar-refractivity contribution in [2.24, 2.45) is 0 Å². The molecule has 0 bridgehead atoms. The second-order valence-corrected chi connectivity index (χ2v) is 7.53. The lowest BCUT2D eigenvalue weighted by Crippen LogP contribution is -2.51. The number of alkyl carbamates (subject to hydrolysis) is 1. The number of benzene rings is 1. The second kappa shape index (κ2) is 7.80. The zero-order valence-electron chi connectivity index (χ0n) is 16.1. The Balaban J connectivity index is 1.65. The summed E-state index contributed by atoms with van der Waals surface area (Å²) in [5, 5.41) is 4.91. The van der Waals surface area contributed by atoms with Crippen LogP contribution in [0.4, 0.5) is 9.59 Å². The minimum absolute atomic E-state index is 0.155. The van der Waals surface area contributed by atoms with Gasteiger partial charge in [0.1, 0.15) is 18.0 Å². The molecule has 3 rings (SSSR count). The predicted molar refractivity (Wildman–Crippen MR) is 101 cm³/mol. The van der Waals surface area contributed by atoms with Crippen molar-refractivity contribution in [3.05, 3.63) is 29.3 Å². The van der Waals surface area contributed by atoms with Crippen LogP contribution in [0.25, 0.3) is 0 Å². The maximum atomic E-state index is 12.1. The molecule has 1 saturated heterocycles. The Hall–Kier alpha value is -3.21. The van der Waals surface area contributed by atoms with Crippen molar-refractivity contribution in [1.29, 1.82) is 0 Å². The number of nitrogens with one attached hydrogen (secondary N) is 2. The van der Waals surface area contributed by atoms with Crippen LogP contribution < -0.4 is 15.4 Å². The van der Waals surface area contributed by atoms with Gasteiger partial charge < -0.3 is 19.7 Å². The molecule has 1 aromatic carbocycles. The molecule has 8 heteroatoms. The normalized spacial score (nSPS) is 18.4. The summed E-state index contributed by atoms with van der Waals surface area (Å²) >= 11 is 0. The van der Waals surface area contributed by atoms with Crippen LogP contribution >= 0.6 is 0 Å². The SMILES string of the molecule is CC(C)(C)OC(=O)NCC#Cc1ccc2c(c1)C(N1CCC(=O)NC1=O)CO2. The summed E-state index contributed by atoms with van der Waals surface area (Å²) in [6.07, 6.45) is -0.247. The van der Waals surface area contributed by atoms with Crippen molar-refractivity contribution in [3.63, 3.8) is 0 Å². The van der Waals surface area contributed by atoms with Crippen molar-refractivity contribution in [1.82, 2.24) is 15.5 Å². The molecule has 1 fully saturated rings. The number of rotatable bonds is 2. The number of hydrogen-bond acceptors (Lipinski definition) is 5. The molecule has 0 radical (unpaired) electrons. The maximum absolute atomic E-state index is 12.1. The minimum Gasteiger partial charge on any atom is -0.491 e. The topological polar surface area (TPSA) is 97.0 Å². The van der Waals surface area contributed by atoms with E-state index in [9.17, 15) is 14.4 Å². The predicted octanol–water partition coefficient (Wildman–Crippen LogP) is 1.94. The third kappa shape index (κ3) is 4.74. The highest BCUT2D eigenvalue weighted by Crippen LogP contribution is 2.37. The Morgan fingerprint density at radius 2 is 2.18 bits per heavy atom. The van der Waals surface area contributed by atoms with Gasteiger partial charge in [0.2, 0.25) is 5.91 Å². The van der Waals surface area contributed by atoms with Gasteiger partial charge in [-0.1, -0.05) is 11.8 Å². The molecule has 0 aromatic heterocycles. The van der Waals surface area contributed by atoms with E-state index in [1.54, 1.807) is 25.7 Å². The van der Waals surface area contributed by atoms with Gasteiger partial charge in [0.25, 0.3) is 0 Å². The Kier molecular flexibility index (Phi) is 5.45. The molecule has 28 heavy (non-hydrogen) atoms. The Bertz CT molecular complexity index is 863. The van der Waals surface area contributed by atoms with Crippen molar-refractivity contribution in [2.75, 3.05) is 19.7 Å². The molecule has 1 atom stereocenters. The van der Waals surface area contributed by atoms with Gasteiger partial charge in [-0.15, -0.1) is 0 Å².